The van der Waals surface area contributed by atoms with Gasteiger partial charge in [-0.3, -0.25) is 0 Å². The molecule has 2 aliphatic heterocycles. The normalized spacial score (nSPS) is 49.8. The van der Waals surface area contributed by atoms with E-state index in [0.29, 0.717) is 12.0 Å². The average molecular weight is 162 g/mol. The lowest BCUT2D eigenvalue weighted by molar-refractivity contribution is -0.0610. The Labute approximate surface area is 73.1 Å². The van der Waals surface area contributed by atoms with Crippen LogP contribution < -0.4 is 0 Å². The van der Waals surface area contributed by atoms with Crippen LogP contribution in [0.15, 0.2) is 24.3 Å². The van der Waals surface area contributed by atoms with Crippen molar-refractivity contribution in [1.29, 1.82) is 0 Å². The number of hydrogen-bond acceptors (Lipinski definition) is 1. The summed E-state index contributed by atoms with van der Waals surface area (Å²) in [6, 6.07) is 0. The van der Waals surface area contributed by atoms with Crippen molar-refractivity contribution in [3.63, 3.8) is 0 Å². The molecule has 2 fully saturated rings. The number of ether oxygens (including phenoxy) is 1. The molecule has 0 N–H and O–H groups in total. The Kier molecular flexibility index (Phi) is 1.16. The zero-order chi connectivity index (χ0) is 8.18. The van der Waals surface area contributed by atoms with Crippen molar-refractivity contribution in [2.24, 2.45) is 5.92 Å². The minimum atomic E-state index is 0.0972. The maximum absolute atomic E-state index is 6.01. The number of fused-ring (bicyclic) bond motifs is 1. The van der Waals surface area contributed by atoms with Crippen molar-refractivity contribution in [3.8, 4) is 0 Å². The fourth-order valence-corrected chi connectivity index (χ4v) is 3.03. The SMILES string of the molecule is C=C1CC2C=CC3(CCCC13)O2. The molecule has 3 aliphatic rings. The summed E-state index contributed by atoms with van der Waals surface area (Å²) in [5.74, 6) is 0.632. The first-order valence-corrected chi connectivity index (χ1v) is 4.85. The smallest absolute Gasteiger partial charge is 0.0936 e. The van der Waals surface area contributed by atoms with E-state index >= 15 is 0 Å². The summed E-state index contributed by atoms with van der Waals surface area (Å²) in [4.78, 5) is 0. The van der Waals surface area contributed by atoms with Crippen molar-refractivity contribution < 1.29 is 4.74 Å². The van der Waals surface area contributed by atoms with Gasteiger partial charge in [0.2, 0.25) is 0 Å². The molecule has 0 radical (unpaired) electrons. The van der Waals surface area contributed by atoms with Crippen molar-refractivity contribution in [1.82, 2.24) is 0 Å². The Morgan fingerprint density at radius 1 is 1.58 bits per heavy atom. The van der Waals surface area contributed by atoms with Crippen LogP contribution in [0.4, 0.5) is 0 Å². The van der Waals surface area contributed by atoms with Crippen molar-refractivity contribution in [2.45, 2.75) is 37.4 Å². The Morgan fingerprint density at radius 2 is 2.50 bits per heavy atom. The first-order valence-electron chi connectivity index (χ1n) is 4.85. The Bertz CT molecular complexity index is 266. The molecule has 1 heteroatoms. The van der Waals surface area contributed by atoms with Crippen LogP contribution in [0.1, 0.15) is 25.7 Å². The highest BCUT2D eigenvalue weighted by Gasteiger charge is 2.50. The monoisotopic (exact) mass is 162 g/mol. The fraction of sp³-hybridized carbons (Fsp3) is 0.636. The summed E-state index contributed by atoms with van der Waals surface area (Å²) in [6.45, 7) is 4.17. The third-order valence-electron chi connectivity index (χ3n) is 3.57. The lowest BCUT2D eigenvalue weighted by Crippen LogP contribution is -2.39. The molecule has 1 saturated heterocycles. The minimum absolute atomic E-state index is 0.0972. The van der Waals surface area contributed by atoms with Gasteiger partial charge in [-0.15, -0.1) is 0 Å². The second-order valence-corrected chi connectivity index (χ2v) is 4.28. The summed E-state index contributed by atoms with van der Waals surface area (Å²) in [5, 5.41) is 0. The third-order valence-corrected chi connectivity index (χ3v) is 3.57. The standard InChI is InChI=1S/C11H14O/c1-8-7-9-4-6-11(12-9)5-2-3-10(8)11/h4,6,9-10H,1-3,5,7H2. The Balaban J connectivity index is 2.06. The Hall–Kier alpha value is -0.560. The van der Waals surface area contributed by atoms with Crippen LogP contribution in [0.5, 0.6) is 0 Å². The van der Waals surface area contributed by atoms with E-state index in [1.54, 1.807) is 0 Å². The molecular weight excluding hydrogens is 148 g/mol. The van der Waals surface area contributed by atoms with E-state index in [1.165, 1.54) is 24.8 Å². The zero-order valence-electron chi connectivity index (χ0n) is 7.25. The molecule has 1 aliphatic carbocycles. The second kappa shape index (κ2) is 2.02. The van der Waals surface area contributed by atoms with Gasteiger partial charge in [0.1, 0.15) is 0 Å². The highest BCUT2D eigenvalue weighted by atomic mass is 16.5. The van der Waals surface area contributed by atoms with Gasteiger partial charge in [0, 0.05) is 5.92 Å². The molecule has 1 nitrogen and oxygen atoms in total. The highest BCUT2D eigenvalue weighted by molar-refractivity contribution is 5.29. The van der Waals surface area contributed by atoms with Gasteiger partial charge in [-0.1, -0.05) is 24.3 Å². The summed E-state index contributed by atoms with van der Waals surface area (Å²) < 4.78 is 6.01. The van der Waals surface area contributed by atoms with Gasteiger partial charge in [0.15, 0.2) is 0 Å². The molecule has 3 unspecified atom stereocenters. The molecule has 0 aromatic rings. The van der Waals surface area contributed by atoms with Crippen LogP contribution in [0.3, 0.4) is 0 Å². The molecule has 0 aromatic heterocycles. The quantitative estimate of drug-likeness (QED) is 0.497. The van der Waals surface area contributed by atoms with Crippen molar-refractivity contribution in [3.05, 3.63) is 24.3 Å². The number of hydrogen-bond donors (Lipinski definition) is 0. The van der Waals surface area contributed by atoms with E-state index in [0.717, 1.165) is 6.42 Å². The molecule has 0 aromatic carbocycles. The summed E-state index contributed by atoms with van der Waals surface area (Å²) in [6.07, 6.45) is 9.75. The maximum Gasteiger partial charge on any atom is 0.0936 e. The van der Waals surface area contributed by atoms with E-state index in [2.05, 4.69) is 18.7 Å². The maximum atomic E-state index is 6.01. The van der Waals surface area contributed by atoms with Crippen LogP contribution in [0.25, 0.3) is 0 Å². The van der Waals surface area contributed by atoms with E-state index in [9.17, 15) is 0 Å². The number of rotatable bonds is 0. The summed E-state index contributed by atoms with van der Waals surface area (Å²) in [5.41, 5.74) is 1.52. The average Bonchev–Trinajstić information content (AvgIpc) is 2.59. The van der Waals surface area contributed by atoms with Crippen molar-refractivity contribution in [2.75, 3.05) is 0 Å². The predicted molar refractivity (Wildman–Crippen MR) is 47.8 cm³/mol. The predicted octanol–water partition coefficient (Wildman–Crippen LogP) is 2.44. The second-order valence-electron chi connectivity index (χ2n) is 4.28. The fourth-order valence-electron chi connectivity index (χ4n) is 3.03. The van der Waals surface area contributed by atoms with E-state index in [1.807, 2.05) is 0 Å². The zero-order valence-corrected chi connectivity index (χ0v) is 7.25. The van der Waals surface area contributed by atoms with Crippen LogP contribution in [0.2, 0.25) is 0 Å². The molecule has 3 atom stereocenters. The minimum Gasteiger partial charge on any atom is -0.363 e. The third kappa shape index (κ3) is 0.680. The van der Waals surface area contributed by atoms with E-state index < -0.39 is 0 Å². The van der Waals surface area contributed by atoms with Gasteiger partial charge >= 0.3 is 0 Å². The van der Waals surface area contributed by atoms with E-state index in [-0.39, 0.29) is 5.60 Å². The van der Waals surface area contributed by atoms with Crippen LogP contribution in [-0.2, 0) is 4.74 Å². The van der Waals surface area contributed by atoms with Gasteiger partial charge in [0.05, 0.1) is 11.7 Å². The molecule has 0 amide bonds. The Morgan fingerprint density at radius 3 is 3.42 bits per heavy atom. The molecule has 12 heavy (non-hydrogen) atoms. The molecule has 1 spiro atoms. The van der Waals surface area contributed by atoms with Crippen molar-refractivity contribution >= 4 is 0 Å². The first kappa shape index (κ1) is 6.90. The van der Waals surface area contributed by atoms with Gasteiger partial charge in [-0.05, 0) is 25.7 Å². The lowest BCUT2D eigenvalue weighted by atomic mass is 9.83. The topological polar surface area (TPSA) is 9.23 Å². The summed E-state index contributed by atoms with van der Waals surface area (Å²) >= 11 is 0. The molecule has 3 rings (SSSR count). The first-order chi connectivity index (χ1) is 5.80. The molecule has 64 valence electrons. The van der Waals surface area contributed by atoms with Gasteiger partial charge in [-0.25, -0.2) is 0 Å². The highest BCUT2D eigenvalue weighted by Crippen LogP contribution is 2.51. The van der Waals surface area contributed by atoms with Crippen LogP contribution >= 0.6 is 0 Å². The lowest BCUT2D eigenvalue weighted by Gasteiger charge is -2.37. The van der Waals surface area contributed by atoms with Crippen LogP contribution in [-0.4, -0.2) is 11.7 Å². The van der Waals surface area contributed by atoms with E-state index in [4.69, 9.17) is 4.74 Å². The van der Waals surface area contributed by atoms with Crippen LogP contribution in [0, 0.1) is 5.92 Å². The molecule has 1 saturated carbocycles. The molecule has 2 heterocycles. The largest absolute Gasteiger partial charge is 0.363 e. The molecule has 2 bridgehead atoms. The molecular formula is C11H14O. The van der Waals surface area contributed by atoms with Gasteiger partial charge < -0.3 is 4.74 Å². The summed E-state index contributed by atoms with van der Waals surface area (Å²) in [7, 11) is 0. The van der Waals surface area contributed by atoms with Gasteiger partial charge in [0.25, 0.3) is 0 Å². The van der Waals surface area contributed by atoms with Gasteiger partial charge in [-0.2, -0.15) is 0 Å².